The van der Waals surface area contributed by atoms with Gasteiger partial charge in [0.25, 0.3) is 5.91 Å². The Morgan fingerprint density at radius 1 is 1.00 bits per heavy atom. The first-order valence-electron chi connectivity index (χ1n) is 8.61. The SMILES string of the molecule is Cc1cc2cc(C)c(NCCNC(=O)c3ccccc3Cl)nc2cc1C. The van der Waals surface area contributed by atoms with Crippen molar-refractivity contribution in [2.75, 3.05) is 18.4 Å². The van der Waals surface area contributed by atoms with E-state index in [4.69, 9.17) is 16.6 Å². The summed E-state index contributed by atoms with van der Waals surface area (Å²) in [5.41, 5.74) is 5.04. The van der Waals surface area contributed by atoms with Crippen LogP contribution in [0.25, 0.3) is 10.9 Å². The number of nitrogens with zero attached hydrogens (tertiary/aromatic N) is 1. The van der Waals surface area contributed by atoms with Crippen molar-refractivity contribution in [3.63, 3.8) is 0 Å². The lowest BCUT2D eigenvalue weighted by atomic mass is 10.1. The Hall–Kier alpha value is -2.59. The maximum atomic E-state index is 12.1. The molecule has 1 aromatic heterocycles. The molecule has 0 atom stereocenters. The largest absolute Gasteiger partial charge is 0.368 e. The number of aryl methyl sites for hydroxylation is 3. The Balaban J connectivity index is 1.63. The summed E-state index contributed by atoms with van der Waals surface area (Å²) in [4.78, 5) is 16.9. The van der Waals surface area contributed by atoms with Gasteiger partial charge in [-0.2, -0.15) is 0 Å². The molecule has 26 heavy (non-hydrogen) atoms. The van der Waals surface area contributed by atoms with Gasteiger partial charge in [-0.3, -0.25) is 4.79 Å². The molecule has 2 N–H and O–H groups in total. The van der Waals surface area contributed by atoms with Gasteiger partial charge in [0, 0.05) is 18.5 Å². The first kappa shape index (κ1) is 18.2. The van der Waals surface area contributed by atoms with Crippen molar-refractivity contribution in [1.29, 1.82) is 0 Å². The van der Waals surface area contributed by atoms with Crippen LogP contribution in [0.2, 0.25) is 5.02 Å². The molecule has 4 nitrogen and oxygen atoms in total. The van der Waals surface area contributed by atoms with Crippen LogP contribution < -0.4 is 10.6 Å². The maximum Gasteiger partial charge on any atom is 0.252 e. The van der Waals surface area contributed by atoms with Crippen molar-refractivity contribution < 1.29 is 4.79 Å². The maximum absolute atomic E-state index is 12.1. The summed E-state index contributed by atoms with van der Waals surface area (Å²) in [6.45, 7) is 7.30. The van der Waals surface area contributed by atoms with Crippen LogP contribution in [0.4, 0.5) is 5.82 Å². The molecule has 0 saturated carbocycles. The van der Waals surface area contributed by atoms with Gasteiger partial charge < -0.3 is 10.6 Å². The number of hydrogen-bond donors (Lipinski definition) is 2. The molecule has 134 valence electrons. The summed E-state index contributed by atoms with van der Waals surface area (Å²) in [5, 5.41) is 7.77. The lowest BCUT2D eigenvalue weighted by Gasteiger charge is -2.12. The highest BCUT2D eigenvalue weighted by Gasteiger charge is 2.09. The van der Waals surface area contributed by atoms with Gasteiger partial charge in [0.15, 0.2) is 0 Å². The number of pyridine rings is 1. The summed E-state index contributed by atoms with van der Waals surface area (Å²) in [6.07, 6.45) is 0. The minimum Gasteiger partial charge on any atom is -0.368 e. The van der Waals surface area contributed by atoms with E-state index in [1.807, 2.05) is 6.92 Å². The van der Waals surface area contributed by atoms with Crippen LogP contribution in [0.5, 0.6) is 0 Å². The molecule has 5 heteroatoms. The second kappa shape index (κ2) is 7.75. The number of carbonyl (C=O) groups excluding carboxylic acids is 1. The second-order valence-electron chi connectivity index (χ2n) is 6.45. The molecule has 0 spiro atoms. The lowest BCUT2D eigenvalue weighted by Crippen LogP contribution is -2.29. The van der Waals surface area contributed by atoms with Crippen LogP contribution in [-0.4, -0.2) is 24.0 Å². The highest BCUT2D eigenvalue weighted by molar-refractivity contribution is 6.33. The van der Waals surface area contributed by atoms with E-state index in [0.717, 1.165) is 22.3 Å². The first-order valence-corrected chi connectivity index (χ1v) is 8.98. The molecular weight excluding hydrogens is 346 g/mol. The van der Waals surface area contributed by atoms with Crippen LogP contribution in [0, 0.1) is 20.8 Å². The highest BCUT2D eigenvalue weighted by Crippen LogP contribution is 2.22. The Morgan fingerprint density at radius 3 is 2.46 bits per heavy atom. The monoisotopic (exact) mass is 367 g/mol. The Morgan fingerprint density at radius 2 is 1.69 bits per heavy atom. The number of fused-ring (bicyclic) bond motifs is 1. The number of benzene rings is 2. The molecule has 3 aromatic rings. The number of amides is 1. The van der Waals surface area contributed by atoms with E-state index in [2.05, 4.69) is 42.7 Å². The van der Waals surface area contributed by atoms with Crippen LogP contribution in [0.1, 0.15) is 27.0 Å². The predicted molar refractivity (Wildman–Crippen MR) is 108 cm³/mol. The first-order chi connectivity index (χ1) is 12.5. The van der Waals surface area contributed by atoms with Crippen molar-refractivity contribution in [2.45, 2.75) is 20.8 Å². The minimum atomic E-state index is -0.174. The smallest absolute Gasteiger partial charge is 0.252 e. The van der Waals surface area contributed by atoms with Crippen molar-refractivity contribution in [1.82, 2.24) is 10.3 Å². The van der Waals surface area contributed by atoms with Gasteiger partial charge >= 0.3 is 0 Å². The van der Waals surface area contributed by atoms with Crippen LogP contribution in [0.3, 0.4) is 0 Å². The Labute approximate surface area is 158 Å². The zero-order valence-corrected chi connectivity index (χ0v) is 15.9. The third-order valence-corrected chi connectivity index (χ3v) is 4.77. The Bertz CT molecular complexity index is 969. The lowest BCUT2D eigenvalue weighted by molar-refractivity contribution is 0.0955. The summed E-state index contributed by atoms with van der Waals surface area (Å²) >= 11 is 6.04. The van der Waals surface area contributed by atoms with Gasteiger partial charge in [0.05, 0.1) is 16.1 Å². The molecule has 0 fully saturated rings. The molecule has 1 amide bonds. The molecule has 0 aliphatic rings. The molecule has 0 radical (unpaired) electrons. The fourth-order valence-corrected chi connectivity index (χ4v) is 3.04. The van der Waals surface area contributed by atoms with E-state index < -0.39 is 0 Å². The fraction of sp³-hybridized carbons (Fsp3) is 0.238. The quantitative estimate of drug-likeness (QED) is 0.645. The fourth-order valence-electron chi connectivity index (χ4n) is 2.82. The summed E-state index contributed by atoms with van der Waals surface area (Å²) < 4.78 is 0. The third kappa shape index (κ3) is 3.97. The average molecular weight is 368 g/mol. The number of nitrogens with one attached hydrogen (secondary N) is 2. The van der Waals surface area contributed by atoms with E-state index in [9.17, 15) is 4.79 Å². The number of anilines is 1. The summed E-state index contributed by atoms with van der Waals surface area (Å²) in [7, 11) is 0. The average Bonchev–Trinajstić information content (AvgIpc) is 2.61. The van der Waals surface area contributed by atoms with Gasteiger partial charge in [0.1, 0.15) is 5.82 Å². The molecule has 0 aliphatic carbocycles. The molecule has 0 bridgehead atoms. The molecule has 3 rings (SSSR count). The topological polar surface area (TPSA) is 54.0 Å². The predicted octanol–water partition coefficient (Wildman–Crippen LogP) is 4.66. The number of rotatable bonds is 5. The Kier molecular flexibility index (Phi) is 5.43. The number of halogens is 1. The van der Waals surface area contributed by atoms with E-state index in [-0.39, 0.29) is 5.91 Å². The molecule has 0 aliphatic heterocycles. The standard InChI is InChI=1S/C21H22ClN3O/c1-13-10-16-11-15(3)20(25-19(16)12-14(13)2)23-8-9-24-21(26)17-6-4-5-7-18(17)22/h4-7,10-12H,8-9H2,1-3H3,(H,23,25)(H,24,26). The van der Waals surface area contributed by atoms with E-state index in [1.54, 1.807) is 24.3 Å². The zero-order chi connectivity index (χ0) is 18.7. The van der Waals surface area contributed by atoms with Crippen LogP contribution in [0.15, 0.2) is 42.5 Å². The van der Waals surface area contributed by atoms with E-state index in [0.29, 0.717) is 23.7 Å². The van der Waals surface area contributed by atoms with Crippen LogP contribution in [-0.2, 0) is 0 Å². The molecule has 1 heterocycles. The molecule has 0 unspecified atom stereocenters. The number of hydrogen-bond acceptors (Lipinski definition) is 3. The summed E-state index contributed by atoms with van der Waals surface area (Å²) in [6, 6.07) is 13.4. The zero-order valence-electron chi connectivity index (χ0n) is 15.2. The highest BCUT2D eigenvalue weighted by atomic mass is 35.5. The van der Waals surface area contributed by atoms with Crippen LogP contribution >= 0.6 is 11.6 Å². The van der Waals surface area contributed by atoms with Crippen molar-refractivity contribution >= 4 is 34.2 Å². The minimum absolute atomic E-state index is 0.174. The van der Waals surface area contributed by atoms with Gasteiger partial charge in [0.2, 0.25) is 0 Å². The molecular formula is C21H22ClN3O. The van der Waals surface area contributed by atoms with Gasteiger partial charge in [-0.05, 0) is 67.8 Å². The van der Waals surface area contributed by atoms with Gasteiger partial charge in [-0.25, -0.2) is 4.98 Å². The molecule has 2 aromatic carbocycles. The van der Waals surface area contributed by atoms with E-state index in [1.165, 1.54) is 11.1 Å². The van der Waals surface area contributed by atoms with Crippen molar-refractivity contribution in [3.05, 3.63) is 69.7 Å². The van der Waals surface area contributed by atoms with Gasteiger partial charge in [-0.1, -0.05) is 23.7 Å². The number of aromatic nitrogens is 1. The number of carbonyl (C=O) groups is 1. The summed E-state index contributed by atoms with van der Waals surface area (Å²) in [5.74, 6) is 0.666. The second-order valence-corrected chi connectivity index (χ2v) is 6.85. The van der Waals surface area contributed by atoms with Crippen molar-refractivity contribution in [3.8, 4) is 0 Å². The molecule has 0 saturated heterocycles. The van der Waals surface area contributed by atoms with Gasteiger partial charge in [-0.15, -0.1) is 0 Å². The third-order valence-electron chi connectivity index (χ3n) is 4.44. The van der Waals surface area contributed by atoms with Crippen molar-refractivity contribution in [2.24, 2.45) is 0 Å². The van der Waals surface area contributed by atoms with E-state index >= 15 is 0 Å². The normalized spacial score (nSPS) is 10.8.